The predicted molar refractivity (Wildman–Crippen MR) is 108 cm³/mol. The molecule has 4 rings (SSSR count). The number of aliphatic hydroxyl groups is 2. The van der Waals surface area contributed by atoms with Gasteiger partial charge in [-0.25, -0.2) is 10.4 Å². The zero-order valence-electron chi connectivity index (χ0n) is 15.3. The lowest BCUT2D eigenvalue weighted by Gasteiger charge is -2.19. The lowest BCUT2D eigenvalue weighted by Crippen LogP contribution is -2.44. The number of hydrogen-bond donors (Lipinski definition) is 4. The Morgan fingerprint density at radius 1 is 1.29 bits per heavy atom. The van der Waals surface area contributed by atoms with Crippen molar-refractivity contribution in [3.05, 3.63) is 59.8 Å². The van der Waals surface area contributed by atoms with Crippen LogP contribution in [0.4, 0.5) is 5.69 Å². The molecule has 1 aromatic heterocycles. The van der Waals surface area contributed by atoms with Gasteiger partial charge in [-0.15, -0.1) is 0 Å². The number of aromatic nitrogens is 1. The van der Waals surface area contributed by atoms with Crippen molar-refractivity contribution in [3.63, 3.8) is 0 Å². The van der Waals surface area contributed by atoms with Gasteiger partial charge in [0.15, 0.2) is 0 Å². The van der Waals surface area contributed by atoms with Gasteiger partial charge in [-0.3, -0.25) is 4.79 Å². The van der Waals surface area contributed by atoms with Gasteiger partial charge < -0.3 is 19.9 Å². The molecule has 28 heavy (non-hydrogen) atoms. The molecule has 2 aromatic carbocycles. The van der Waals surface area contributed by atoms with Crippen LogP contribution in [0.15, 0.2) is 48.7 Å². The molecule has 7 nitrogen and oxygen atoms in total. The molecule has 0 bridgehead atoms. The van der Waals surface area contributed by atoms with Crippen LogP contribution < -0.4 is 15.2 Å². The number of aromatic amines is 1. The van der Waals surface area contributed by atoms with Crippen molar-refractivity contribution in [2.45, 2.75) is 6.10 Å². The molecule has 4 N–H and O–H groups in total. The van der Waals surface area contributed by atoms with E-state index in [1.807, 2.05) is 54.7 Å². The van der Waals surface area contributed by atoms with Crippen molar-refractivity contribution >= 4 is 34.1 Å². The number of fused-ring (bicyclic) bond motifs is 2. The third-order valence-corrected chi connectivity index (χ3v) is 4.79. The highest BCUT2D eigenvalue weighted by Gasteiger charge is 2.32. The Morgan fingerprint density at radius 3 is 2.89 bits per heavy atom. The molecule has 0 saturated heterocycles. The monoisotopic (exact) mass is 379 g/mol. The lowest BCUT2D eigenvalue weighted by molar-refractivity contribution is -0.113. The maximum atomic E-state index is 13.1. The largest absolute Gasteiger partial charge is 0.497 e. The summed E-state index contributed by atoms with van der Waals surface area (Å²) in [6.07, 6.45) is 2.76. The van der Waals surface area contributed by atoms with Crippen molar-refractivity contribution in [1.82, 2.24) is 10.4 Å². The van der Waals surface area contributed by atoms with Gasteiger partial charge in [0.1, 0.15) is 5.75 Å². The summed E-state index contributed by atoms with van der Waals surface area (Å²) < 4.78 is 5.31. The molecule has 1 aliphatic rings. The Morgan fingerprint density at radius 2 is 2.11 bits per heavy atom. The highest BCUT2D eigenvalue weighted by atomic mass is 16.5. The van der Waals surface area contributed by atoms with E-state index in [1.54, 1.807) is 7.11 Å². The smallest absolute Gasteiger partial charge is 0.273 e. The Balaban J connectivity index is 1.74. The van der Waals surface area contributed by atoms with Crippen LogP contribution in [0.1, 0.15) is 11.1 Å². The number of methoxy groups -OCH3 is 1. The molecule has 144 valence electrons. The van der Waals surface area contributed by atoms with E-state index in [4.69, 9.17) is 9.84 Å². The summed E-state index contributed by atoms with van der Waals surface area (Å²) in [5.74, 6) is 0.523. The molecule has 2 heterocycles. The number of benzene rings is 2. The molecule has 0 fully saturated rings. The van der Waals surface area contributed by atoms with Gasteiger partial charge in [-0.05, 0) is 30.3 Å². The second-order valence-corrected chi connectivity index (χ2v) is 6.57. The number of ether oxygens (including phenoxy) is 1. The highest BCUT2D eigenvalue weighted by molar-refractivity contribution is 6.35. The molecule has 0 aliphatic carbocycles. The fraction of sp³-hybridized carbons (Fsp3) is 0.190. The number of hydrogen-bond acceptors (Lipinski definition) is 5. The van der Waals surface area contributed by atoms with Gasteiger partial charge >= 0.3 is 0 Å². The fourth-order valence-corrected chi connectivity index (χ4v) is 3.32. The van der Waals surface area contributed by atoms with Gasteiger partial charge in [-0.2, -0.15) is 0 Å². The first kappa shape index (κ1) is 18.2. The van der Waals surface area contributed by atoms with E-state index in [2.05, 4.69) is 10.4 Å². The second kappa shape index (κ2) is 7.47. The van der Waals surface area contributed by atoms with Crippen LogP contribution in [-0.2, 0) is 4.79 Å². The van der Waals surface area contributed by atoms with Crippen molar-refractivity contribution in [1.29, 1.82) is 0 Å². The average Bonchev–Trinajstić information content (AvgIpc) is 3.25. The summed E-state index contributed by atoms with van der Waals surface area (Å²) in [6, 6.07) is 13.2. The quantitative estimate of drug-likeness (QED) is 0.491. The minimum absolute atomic E-state index is 0.0636. The Bertz CT molecular complexity index is 1060. The van der Waals surface area contributed by atoms with Gasteiger partial charge in [0, 0.05) is 34.8 Å². The Labute approximate surface area is 161 Å². The SMILES string of the molecule is COc1ccc2[nH]cc(C=C3C(=O)N(NCC(O)CO)c4ccccc43)c2c1. The van der Waals surface area contributed by atoms with Crippen LogP contribution in [0.3, 0.4) is 0 Å². The molecule has 0 saturated carbocycles. The van der Waals surface area contributed by atoms with Crippen molar-refractivity contribution < 1.29 is 19.7 Å². The minimum Gasteiger partial charge on any atom is -0.497 e. The summed E-state index contributed by atoms with van der Waals surface area (Å²) in [5.41, 5.74) is 6.80. The molecular weight excluding hydrogens is 358 g/mol. The summed E-state index contributed by atoms with van der Waals surface area (Å²) in [4.78, 5) is 16.3. The molecule has 0 spiro atoms. The van der Waals surface area contributed by atoms with E-state index in [1.165, 1.54) is 5.01 Å². The second-order valence-electron chi connectivity index (χ2n) is 6.57. The first-order chi connectivity index (χ1) is 13.6. The van der Waals surface area contributed by atoms with Crippen LogP contribution in [0, 0.1) is 0 Å². The summed E-state index contributed by atoms with van der Waals surface area (Å²) >= 11 is 0. The average molecular weight is 379 g/mol. The fourth-order valence-electron chi connectivity index (χ4n) is 3.32. The molecule has 3 aromatic rings. The lowest BCUT2D eigenvalue weighted by atomic mass is 10.0. The third-order valence-electron chi connectivity index (χ3n) is 4.79. The molecule has 1 unspecified atom stereocenters. The topological polar surface area (TPSA) is 97.8 Å². The standard InChI is InChI=1S/C21H21N3O4/c1-28-15-6-7-19-17(9-15)13(10-22-19)8-18-16-4-2-3-5-20(16)24(21(18)27)23-11-14(26)12-25/h2-10,14,22-23,25-26H,11-12H2,1H3. The van der Waals surface area contributed by atoms with Crippen LogP contribution >= 0.6 is 0 Å². The van der Waals surface area contributed by atoms with Crippen molar-refractivity contribution in [2.24, 2.45) is 0 Å². The summed E-state index contributed by atoms with van der Waals surface area (Å²) in [5, 5.41) is 21.0. The van der Waals surface area contributed by atoms with Gasteiger partial charge in [0.25, 0.3) is 5.91 Å². The minimum atomic E-state index is -0.950. The van der Waals surface area contributed by atoms with E-state index in [0.29, 0.717) is 11.3 Å². The number of anilines is 1. The first-order valence-corrected chi connectivity index (χ1v) is 8.95. The number of nitrogens with zero attached hydrogens (tertiary/aromatic N) is 1. The first-order valence-electron chi connectivity index (χ1n) is 8.95. The van der Waals surface area contributed by atoms with E-state index >= 15 is 0 Å². The number of carbonyl (C=O) groups excluding carboxylic acids is 1. The van der Waals surface area contributed by atoms with Crippen molar-refractivity contribution in [3.8, 4) is 5.75 Å². The van der Waals surface area contributed by atoms with Gasteiger partial charge in [0.05, 0.1) is 31.1 Å². The zero-order chi connectivity index (χ0) is 19.7. The normalized spacial score (nSPS) is 16.0. The van der Waals surface area contributed by atoms with Crippen LogP contribution in [0.2, 0.25) is 0 Å². The molecule has 1 aliphatic heterocycles. The number of aliphatic hydroxyl groups excluding tert-OH is 2. The number of hydrazine groups is 1. The summed E-state index contributed by atoms with van der Waals surface area (Å²) in [6.45, 7) is -0.315. The van der Waals surface area contributed by atoms with E-state index in [0.717, 1.165) is 27.8 Å². The molecule has 0 radical (unpaired) electrons. The number of amides is 1. The molecule has 7 heteroatoms. The number of para-hydroxylation sites is 1. The highest BCUT2D eigenvalue weighted by Crippen LogP contribution is 2.37. The van der Waals surface area contributed by atoms with Gasteiger partial charge in [0.2, 0.25) is 0 Å². The molecule has 1 amide bonds. The van der Waals surface area contributed by atoms with E-state index in [-0.39, 0.29) is 19.1 Å². The van der Waals surface area contributed by atoms with E-state index in [9.17, 15) is 9.90 Å². The number of H-pyrrole nitrogens is 1. The van der Waals surface area contributed by atoms with Crippen LogP contribution in [-0.4, -0.2) is 47.5 Å². The van der Waals surface area contributed by atoms with Gasteiger partial charge in [-0.1, -0.05) is 18.2 Å². The zero-order valence-corrected chi connectivity index (χ0v) is 15.3. The Hall–Kier alpha value is -3.13. The molecular formula is C21H21N3O4. The number of rotatable bonds is 6. The van der Waals surface area contributed by atoms with Crippen LogP contribution in [0.5, 0.6) is 5.75 Å². The van der Waals surface area contributed by atoms with E-state index < -0.39 is 6.10 Å². The third kappa shape index (κ3) is 3.16. The maximum absolute atomic E-state index is 13.1. The number of nitrogens with one attached hydrogen (secondary N) is 2. The van der Waals surface area contributed by atoms with Crippen molar-refractivity contribution in [2.75, 3.05) is 25.3 Å². The summed E-state index contributed by atoms with van der Waals surface area (Å²) in [7, 11) is 1.62. The predicted octanol–water partition coefficient (Wildman–Crippen LogP) is 1.92. The number of carbonyl (C=O) groups is 1. The maximum Gasteiger partial charge on any atom is 0.273 e. The molecule has 1 atom stereocenters. The van der Waals surface area contributed by atoms with Crippen LogP contribution in [0.25, 0.3) is 22.6 Å². The Kier molecular flexibility index (Phi) is 4.87.